The molecule has 2 aliphatic rings. The highest BCUT2D eigenvalue weighted by molar-refractivity contribution is 5.98. The molecule has 3 atom stereocenters. The highest BCUT2D eigenvalue weighted by atomic mass is 19.4. The molecule has 0 bridgehead atoms. The number of carbonyl (C=O) groups is 1. The molecule has 2 heterocycles. The van der Waals surface area contributed by atoms with E-state index in [9.17, 15) is 18.0 Å². The minimum atomic E-state index is -4.26. The van der Waals surface area contributed by atoms with E-state index in [-0.39, 0.29) is 23.1 Å². The van der Waals surface area contributed by atoms with E-state index < -0.39 is 18.5 Å². The van der Waals surface area contributed by atoms with Crippen LogP contribution in [-0.4, -0.2) is 59.2 Å². The van der Waals surface area contributed by atoms with Crippen molar-refractivity contribution in [3.8, 4) is 0 Å². The fourth-order valence-electron chi connectivity index (χ4n) is 4.79. The summed E-state index contributed by atoms with van der Waals surface area (Å²) in [5.41, 5.74) is 6.53. The van der Waals surface area contributed by atoms with Gasteiger partial charge in [-0.2, -0.15) is 18.3 Å². The number of primary amides is 1. The van der Waals surface area contributed by atoms with Crippen LogP contribution >= 0.6 is 0 Å². The van der Waals surface area contributed by atoms with Gasteiger partial charge in [0.15, 0.2) is 5.82 Å². The summed E-state index contributed by atoms with van der Waals surface area (Å²) in [7, 11) is 1.76. The molecule has 1 saturated heterocycles. The van der Waals surface area contributed by atoms with E-state index in [2.05, 4.69) is 20.3 Å². The van der Waals surface area contributed by atoms with E-state index in [0.29, 0.717) is 17.5 Å². The van der Waals surface area contributed by atoms with Crippen molar-refractivity contribution in [3.63, 3.8) is 0 Å². The van der Waals surface area contributed by atoms with Crippen LogP contribution in [0.5, 0.6) is 0 Å². The minimum Gasteiger partial charge on any atom is -0.365 e. The van der Waals surface area contributed by atoms with Gasteiger partial charge in [-0.3, -0.25) is 9.48 Å². The third kappa shape index (κ3) is 5.55. The standard InChI is InChI=1S/C23H29F3N6O/c1-28-13-16-11-18(31-9-2-10-31)7-8-20(16)32-14-19(21(27)33)22(30-32)29-17-5-3-15(4-6-17)12-23(24,25)26/h3-6,13-14,16,18,20H,2,7-12H2,1H3,(H2,27,33)(H,29,30). The topological polar surface area (TPSA) is 88.5 Å². The summed E-state index contributed by atoms with van der Waals surface area (Å²) in [5.74, 6) is -0.139. The molecule has 4 rings (SSSR count). The van der Waals surface area contributed by atoms with Gasteiger partial charge in [-0.05, 0) is 56.5 Å². The number of likely N-dealkylation sites (tertiary alicyclic amines) is 1. The zero-order valence-corrected chi connectivity index (χ0v) is 18.6. The lowest BCUT2D eigenvalue weighted by atomic mass is 9.80. The molecule has 1 aromatic heterocycles. The molecule has 33 heavy (non-hydrogen) atoms. The lowest BCUT2D eigenvalue weighted by molar-refractivity contribution is -0.127. The number of amides is 1. The SMILES string of the molecule is CN=CC1CC(N2CCC2)CCC1n1cc(C(N)=O)c(Nc2ccc(CC(F)(F)F)cc2)n1. The van der Waals surface area contributed by atoms with Crippen LogP contribution in [0.1, 0.15) is 47.6 Å². The number of nitrogens with one attached hydrogen (secondary N) is 1. The number of alkyl halides is 3. The maximum atomic E-state index is 12.6. The Balaban J connectivity index is 1.53. The van der Waals surface area contributed by atoms with Gasteiger partial charge in [0.2, 0.25) is 0 Å². The van der Waals surface area contributed by atoms with E-state index in [1.54, 1.807) is 17.9 Å². The lowest BCUT2D eigenvalue weighted by Crippen LogP contribution is -2.48. The van der Waals surface area contributed by atoms with Crippen LogP contribution in [0, 0.1) is 5.92 Å². The number of carbonyl (C=O) groups excluding carboxylic acids is 1. The van der Waals surface area contributed by atoms with Crippen LogP contribution in [0.15, 0.2) is 35.5 Å². The number of hydrogen-bond acceptors (Lipinski definition) is 5. The van der Waals surface area contributed by atoms with Gasteiger partial charge in [0.05, 0.1) is 12.5 Å². The largest absolute Gasteiger partial charge is 0.393 e. The molecule has 1 saturated carbocycles. The summed E-state index contributed by atoms with van der Waals surface area (Å²) in [5, 5.41) is 7.66. The number of rotatable bonds is 7. The second kappa shape index (κ2) is 9.54. The molecule has 178 valence electrons. The second-order valence-electron chi connectivity index (χ2n) is 8.84. The zero-order valence-electron chi connectivity index (χ0n) is 18.6. The van der Waals surface area contributed by atoms with Gasteiger partial charge in [0, 0.05) is 37.1 Å². The van der Waals surface area contributed by atoms with Crippen molar-refractivity contribution in [1.82, 2.24) is 14.7 Å². The Morgan fingerprint density at radius 1 is 1.27 bits per heavy atom. The predicted molar refractivity (Wildman–Crippen MR) is 121 cm³/mol. The summed E-state index contributed by atoms with van der Waals surface area (Å²) in [6.45, 7) is 2.30. The summed E-state index contributed by atoms with van der Waals surface area (Å²) in [6, 6.07) is 6.47. The van der Waals surface area contributed by atoms with E-state index in [4.69, 9.17) is 5.73 Å². The molecule has 1 aliphatic carbocycles. The number of anilines is 2. The summed E-state index contributed by atoms with van der Waals surface area (Å²) < 4.78 is 39.6. The third-order valence-corrected chi connectivity index (χ3v) is 6.54. The second-order valence-corrected chi connectivity index (χ2v) is 8.84. The molecule has 2 fully saturated rings. The molecule has 0 spiro atoms. The van der Waals surface area contributed by atoms with E-state index in [1.165, 1.54) is 30.7 Å². The smallest absolute Gasteiger partial charge is 0.365 e. The summed E-state index contributed by atoms with van der Waals surface area (Å²) in [4.78, 5) is 18.9. The van der Waals surface area contributed by atoms with E-state index >= 15 is 0 Å². The number of halogens is 3. The van der Waals surface area contributed by atoms with Gasteiger partial charge < -0.3 is 20.9 Å². The predicted octanol–water partition coefficient (Wildman–Crippen LogP) is 3.95. The molecule has 7 nitrogen and oxygen atoms in total. The van der Waals surface area contributed by atoms with Crippen LogP contribution in [0.4, 0.5) is 24.7 Å². The Bertz CT molecular complexity index is 997. The Morgan fingerprint density at radius 2 is 2.00 bits per heavy atom. The number of nitrogens with zero attached hydrogens (tertiary/aromatic N) is 4. The van der Waals surface area contributed by atoms with E-state index in [0.717, 1.165) is 32.4 Å². The maximum Gasteiger partial charge on any atom is 0.393 e. The Hall–Kier alpha value is -2.88. The Morgan fingerprint density at radius 3 is 2.58 bits per heavy atom. The Labute approximate surface area is 190 Å². The first-order chi connectivity index (χ1) is 15.7. The lowest BCUT2D eigenvalue weighted by Gasteiger charge is -2.44. The first-order valence-electron chi connectivity index (χ1n) is 11.2. The van der Waals surface area contributed by atoms with Crippen LogP contribution in [0.3, 0.4) is 0 Å². The highest BCUT2D eigenvalue weighted by Crippen LogP contribution is 2.37. The average Bonchev–Trinajstić information content (AvgIpc) is 3.11. The van der Waals surface area contributed by atoms with Crippen molar-refractivity contribution in [2.45, 2.75) is 50.4 Å². The monoisotopic (exact) mass is 462 g/mol. The fraction of sp³-hybridized carbons (Fsp3) is 0.522. The molecule has 1 aliphatic heterocycles. The van der Waals surface area contributed by atoms with Crippen molar-refractivity contribution < 1.29 is 18.0 Å². The molecule has 10 heteroatoms. The highest BCUT2D eigenvalue weighted by Gasteiger charge is 2.36. The van der Waals surface area contributed by atoms with E-state index in [1.807, 2.05) is 6.21 Å². The third-order valence-electron chi connectivity index (χ3n) is 6.54. The van der Waals surface area contributed by atoms with Gasteiger partial charge >= 0.3 is 6.18 Å². The van der Waals surface area contributed by atoms with Crippen LogP contribution < -0.4 is 11.1 Å². The van der Waals surface area contributed by atoms with Gasteiger partial charge in [0.1, 0.15) is 5.56 Å². The van der Waals surface area contributed by atoms with Gasteiger partial charge in [-0.1, -0.05) is 12.1 Å². The summed E-state index contributed by atoms with van der Waals surface area (Å²) in [6.07, 6.45) is 2.56. The van der Waals surface area contributed by atoms with Crippen molar-refractivity contribution in [2.24, 2.45) is 16.6 Å². The van der Waals surface area contributed by atoms with Crippen LogP contribution in [-0.2, 0) is 6.42 Å². The Kier molecular flexibility index (Phi) is 6.73. The normalized spacial score (nSPS) is 24.1. The van der Waals surface area contributed by atoms with Crippen molar-refractivity contribution >= 4 is 23.6 Å². The molecular weight excluding hydrogens is 433 g/mol. The number of nitrogens with two attached hydrogens (primary N) is 1. The fourth-order valence-corrected chi connectivity index (χ4v) is 4.79. The van der Waals surface area contributed by atoms with Gasteiger partial charge in [0.25, 0.3) is 5.91 Å². The number of aliphatic imine (C=N–C) groups is 1. The van der Waals surface area contributed by atoms with Crippen molar-refractivity contribution in [1.29, 1.82) is 0 Å². The minimum absolute atomic E-state index is 0.0500. The number of benzene rings is 1. The quantitative estimate of drug-likeness (QED) is 0.610. The van der Waals surface area contributed by atoms with Crippen molar-refractivity contribution in [3.05, 3.63) is 41.6 Å². The molecule has 3 N–H and O–H groups in total. The molecule has 3 unspecified atom stereocenters. The van der Waals surface area contributed by atoms with Gasteiger partial charge in [-0.15, -0.1) is 0 Å². The first-order valence-corrected chi connectivity index (χ1v) is 11.2. The first kappa shape index (κ1) is 23.3. The number of aromatic nitrogens is 2. The zero-order chi connectivity index (χ0) is 23.6. The summed E-state index contributed by atoms with van der Waals surface area (Å²) >= 11 is 0. The van der Waals surface area contributed by atoms with Gasteiger partial charge in [-0.25, -0.2) is 0 Å². The molecule has 0 radical (unpaired) electrons. The van der Waals surface area contributed by atoms with Crippen LogP contribution in [0.2, 0.25) is 0 Å². The average molecular weight is 463 g/mol. The molecule has 1 aromatic carbocycles. The number of hydrogen-bond donors (Lipinski definition) is 2. The molecule has 1 amide bonds. The van der Waals surface area contributed by atoms with Crippen LogP contribution in [0.25, 0.3) is 0 Å². The maximum absolute atomic E-state index is 12.6. The van der Waals surface area contributed by atoms with Crippen molar-refractivity contribution in [2.75, 3.05) is 25.5 Å². The molecule has 2 aromatic rings. The molecular formula is C23H29F3N6O.